The second-order valence-corrected chi connectivity index (χ2v) is 7.43. The number of esters is 1. The lowest BCUT2D eigenvalue weighted by molar-refractivity contribution is -0.154. The fourth-order valence-electron chi connectivity index (χ4n) is 3.96. The van der Waals surface area contributed by atoms with Gasteiger partial charge in [-0.15, -0.1) is 0 Å². The minimum Gasteiger partial charge on any atom is -0.465 e. The molecule has 0 saturated carbocycles. The van der Waals surface area contributed by atoms with Gasteiger partial charge >= 0.3 is 5.97 Å². The molecule has 0 bridgehead atoms. The van der Waals surface area contributed by atoms with Crippen LogP contribution in [-0.4, -0.2) is 34.6 Å². The van der Waals surface area contributed by atoms with Crippen LogP contribution in [0.1, 0.15) is 53.0 Å². The molecular weight excluding hydrogens is 342 g/mol. The van der Waals surface area contributed by atoms with Gasteiger partial charge in [-0.05, 0) is 31.4 Å². The Hall–Kier alpha value is -2.37. The Labute approximate surface area is 160 Å². The van der Waals surface area contributed by atoms with Crippen LogP contribution < -0.4 is 4.90 Å². The normalized spacial score (nSPS) is 19.6. The molecule has 1 aromatic heterocycles. The number of unbranched alkanes of at least 4 members (excludes halogenated alkanes) is 2. The van der Waals surface area contributed by atoms with E-state index in [2.05, 4.69) is 11.5 Å². The first-order chi connectivity index (χ1) is 13.0. The van der Waals surface area contributed by atoms with E-state index in [0.29, 0.717) is 12.5 Å². The molecule has 6 nitrogen and oxygen atoms in total. The molecule has 1 aliphatic heterocycles. The highest BCUT2D eigenvalue weighted by Crippen LogP contribution is 2.41. The Bertz CT molecular complexity index is 827. The lowest BCUT2D eigenvalue weighted by Crippen LogP contribution is -2.51. The Morgan fingerprint density at radius 2 is 1.96 bits per heavy atom. The molecule has 6 heteroatoms. The molecule has 0 radical (unpaired) electrons. The number of anilines is 1. The topological polar surface area (TPSA) is 64.4 Å². The monoisotopic (exact) mass is 371 g/mol. The number of aromatic nitrogens is 2. The molecule has 2 atom stereocenters. The summed E-state index contributed by atoms with van der Waals surface area (Å²) in [6, 6.07) is 7.56. The summed E-state index contributed by atoms with van der Waals surface area (Å²) in [4.78, 5) is 32.6. The van der Waals surface area contributed by atoms with E-state index in [4.69, 9.17) is 9.72 Å². The molecule has 1 aromatic carbocycles. The Morgan fingerprint density at radius 1 is 1.22 bits per heavy atom. The zero-order valence-corrected chi connectivity index (χ0v) is 16.6. The number of benzene rings is 1. The predicted molar refractivity (Wildman–Crippen MR) is 106 cm³/mol. The number of nitrogens with zero attached hydrogens (tertiary/aromatic N) is 3. The summed E-state index contributed by atoms with van der Waals surface area (Å²) in [5, 5.41) is 0. The van der Waals surface area contributed by atoms with Crippen molar-refractivity contribution >= 4 is 28.9 Å². The quantitative estimate of drug-likeness (QED) is 0.420. The van der Waals surface area contributed by atoms with E-state index in [1.54, 1.807) is 11.8 Å². The van der Waals surface area contributed by atoms with E-state index in [9.17, 15) is 9.59 Å². The number of amides is 1. The largest absolute Gasteiger partial charge is 0.465 e. The minimum atomic E-state index is -0.836. The number of ether oxygens (including phenoxy) is 1. The average Bonchev–Trinajstić information content (AvgIpc) is 3.01. The van der Waals surface area contributed by atoms with Gasteiger partial charge in [0.15, 0.2) is 5.92 Å². The van der Waals surface area contributed by atoms with Gasteiger partial charge in [0, 0.05) is 6.54 Å². The number of para-hydroxylation sites is 2. The molecule has 1 aliphatic rings. The molecule has 0 unspecified atom stereocenters. The number of hydrogen-bond acceptors (Lipinski definition) is 4. The first-order valence-electron chi connectivity index (χ1n) is 9.96. The van der Waals surface area contributed by atoms with Crippen molar-refractivity contribution in [1.82, 2.24) is 9.55 Å². The zero-order valence-electron chi connectivity index (χ0n) is 16.6. The highest BCUT2D eigenvalue weighted by atomic mass is 16.5. The first kappa shape index (κ1) is 19.4. The molecule has 3 rings (SSSR count). The summed E-state index contributed by atoms with van der Waals surface area (Å²) >= 11 is 0. The van der Waals surface area contributed by atoms with Crippen molar-refractivity contribution in [1.29, 1.82) is 0 Å². The van der Waals surface area contributed by atoms with Crippen molar-refractivity contribution in [3.8, 4) is 0 Å². The van der Waals surface area contributed by atoms with Gasteiger partial charge in [0.05, 0.1) is 23.7 Å². The average molecular weight is 371 g/mol. The molecule has 0 N–H and O–H groups in total. The van der Waals surface area contributed by atoms with E-state index in [1.165, 1.54) is 0 Å². The fraction of sp³-hybridized carbons (Fsp3) is 0.571. The summed E-state index contributed by atoms with van der Waals surface area (Å²) in [5.74, 6) is -0.734. The van der Waals surface area contributed by atoms with Gasteiger partial charge in [0.2, 0.25) is 11.9 Å². The highest BCUT2D eigenvalue weighted by molar-refractivity contribution is 6.08. The maximum Gasteiger partial charge on any atom is 0.320 e. The summed E-state index contributed by atoms with van der Waals surface area (Å²) in [7, 11) is 0. The van der Waals surface area contributed by atoms with E-state index in [1.807, 2.05) is 38.1 Å². The van der Waals surface area contributed by atoms with Crippen LogP contribution in [0, 0.1) is 11.8 Å². The van der Waals surface area contributed by atoms with Crippen LogP contribution in [-0.2, 0) is 14.3 Å². The maximum absolute atomic E-state index is 13.4. The van der Waals surface area contributed by atoms with Gasteiger partial charge in [-0.2, -0.15) is 0 Å². The predicted octanol–water partition coefficient (Wildman–Crippen LogP) is 3.95. The summed E-state index contributed by atoms with van der Waals surface area (Å²) in [6.07, 6.45) is 2.98. The van der Waals surface area contributed by atoms with Crippen molar-refractivity contribution in [2.45, 2.75) is 53.0 Å². The Kier molecular flexibility index (Phi) is 5.82. The fourth-order valence-corrected chi connectivity index (χ4v) is 3.96. The molecule has 1 amide bonds. The van der Waals surface area contributed by atoms with Crippen molar-refractivity contribution in [3.05, 3.63) is 24.3 Å². The third-order valence-corrected chi connectivity index (χ3v) is 5.20. The van der Waals surface area contributed by atoms with Gasteiger partial charge < -0.3 is 9.30 Å². The SMILES string of the molecule is CCCCCN1C(=O)[C@H](C(=O)OCC)[C@@H](C(C)C)n2c1nc1ccccc12. The molecular formula is C21H29N3O3. The van der Waals surface area contributed by atoms with Gasteiger partial charge in [-0.25, -0.2) is 4.98 Å². The molecule has 0 saturated heterocycles. The van der Waals surface area contributed by atoms with Crippen LogP contribution in [0.3, 0.4) is 0 Å². The van der Waals surface area contributed by atoms with Crippen LogP contribution in [0.5, 0.6) is 0 Å². The lowest BCUT2D eigenvalue weighted by Gasteiger charge is -2.39. The van der Waals surface area contributed by atoms with Crippen molar-refractivity contribution in [2.24, 2.45) is 11.8 Å². The number of hydrogen-bond donors (Lipinski definition) is 0. The van der Waals surface area contributed by atoms with Crippen LogP contribution in [0.4, 0.5) is 5.95 Å². The number of carbonyl (C=O) groups is 2. The van der Waals surface area contributed by atoms with Crippen molar-refractivity contribution in [3.63, 3.8) is 0 Å². The smallest absolute Gasteiger partial charge is 0.320 e. The van der Waals surface area contributed by atoms with Crippen LogP contribution in [0.25, 0.3) is 11.0 Å². The van der Waals surface area contributed by atoms with Gasteiger partial charge in [-0.3, -0.25) is 14.5 Å². The van der Waals surface area contributed by atoms with Crippen molar-refractivity contribution in [2.75, 3.05) is 18.1 Å². The lowest BCUT2D eigenvalue weighted by atomic mass is 9.87. The second-order valence-electron chi connectivity index (χ2n) is 7.43. The van der Waals surface area contributed by atoms with Crippen LogP contribution in [0.15, 0.2) is 24.3 Å². The van der Waals surface area contributed by atoms with E-state index < -0.39 is 11.9 Å². The van der Waals surface area contributed by atoms with Crippen LogP contribution in [0.2, 0.25) is 0 Å². The second kappa shape index (κ2) is 8.11. The maximum atomic E-state index is 13.4. The number of imidazole rings is 1. The Morgan fingerprint density at radius 3 is 2.63 bits per heavy atom. The van der Waals surface area contributed by atoms with Gasteiger partial charge in [-0.1, -0.05) is 45.7 Å². The molecule has 2 aromatic rings. The van der Waals surface area contributed by atoms with E-state index >= 15 is 0 Å². The zero-order chi connectivity index (χ0) is 19.6. The molecule has 0 aliphatic carbocycles. The van der Waals surface area contributed by atoms with E-state index in [0.717, 1.165) is 30.3 Å². The first-order valence-corrected chi connectivity index (χ1v) is 9.96. The molecule has 27 heavy (non-hydrogen) atoms. The minimum absolute atomic E-state index is 0.0810. The number of carbonyl (C=O) groups excluding carboxylic acids is 2. The Balaban J connectivity index is 2.16. The van der Waals surface area contributed by atoms with Crippen molar-refractivity contribution < 1.29 is 14.3 Å². The third kappa shape index (κ3) is 3.45. The molecule has 0 spiro atoms. The summed E-state index contributed by atoms with van der Waals surface area (Å²) < 4.78 is 7.37. The van der Waals surface area contributed by atoms with Gasteiger partial charge in [0.1, 0.15) is 0 Å². The molecule has 2 heterocycles. The molecule has 146 valence electrons. The standard InChI is InChI=1S/C21H29N3O3/c1-5-7-10-13-23-19(25)17(20(26)27-6-2)18(14(3)4)24-16-12-9-8-11-15(16)22-21(23)24/h8-9,11-12,14,17-18H,5-7,10,13H2,1-4H3/t17-,18-/m1/s1. The van der Waals surface area contributed by atoms with Gasteiger partial charge in [0.25, 0.3) is 0 Å². The molecule has 0 fully saturated rings. The van der Waals surface area contributed by atoms with E-state index in [-0.39, 0.29) is 24.5 Å². The number of rotatable bonds is 7. The summed E-state index contributed by atoms with van der Waals surface area (Å²) in [5.41, 5.74) is 1.80. The summed E-state index contributed by atoms with van der Waals surface area (Å²) in [6.45, 7) is 8.80. The number of fused-ring (bicyclic) bond motifs is 3. The highest BCUT2D eigenvalue weighted by Gasteiger charge is 2.47. The van der Waals surface area contributed by atoms with Crippen LogP contribution >= 0.6 is 0 Å². The third-order valence-electron chi connectivity index (χ3n) is 5.20.